The fourth-order valence-corrected chi connectivity index (χ4v) is 4.45. The van der Waals surface area contributed by atoms with Crippen LogP contribution in [0.15, 0.2) is 30.3 Å². The highest BCUT2D eigenvalue weighted by Crippen LogP contribution is 2.34. The molecular formula is C17H20N3O2S+. The molecule has 1 aromatic heterocycles. The average Bonchev–Trinajstić information content (AvgIpc) is 2.84. The number of primary amides is 1. The lowest BCUT2D eigenvalue weighted by molar-refractivity contribution is -0.929. The number of anilines is 1. The molecule has 1 aromatic carbocycles. The van der Waals surface area contributed by atoms with Crippen LogP contribution in [-0.4, -0.2) is 18.4 Å². The monoisotopic (exact) mass is 330 g/mol. The molecule has 0 spiro atoms. The molecule has 2 amide bonds. The van der Waals surface area contributed by atoms with Gasteiger partial charge in [0.15, 0.2) is 0 Å². The minimum Gasteiger partial charge on any atom is -0.365 e. The van der Waals surface area contributed by atoms with E-state index in [1.165, 1.54) is 28.7 Å². The van der Waals surface area contributed by atoms with Crippen molar-refractivity contribution in [2.24, 2.45) is 5.73 Å². The summed E-state index contributed by atoms with van der Waals surface area (Å²) in [4.78, 5) is 25.7. The third kappa shape index (κ3) is 3.43. The summed E-state index contributed by atoms with van der Waals surface area (Å²) in [6, 6.07) is 10.4. The van der Waals surface area contributed by atoms with E-state index in [0.29, 0.717) is 10.6 Å². The van der Waals surface area contributed by atoms with Gasteiger partial charge < -0.3 is 16.0 Å². The second-order valence-electron chi connectivity index (χ2n) is 5.84. The van der Waals surface area contributed by atoms with Gasteiger partial charge in [-0.25, -0.2) is 0 Å². The van der Waals surface area contributed by atoms with Crippen LogP contribution in [0.3, 0.4) is 0 Å². The number of hydrogen-bond donors (Lipinski definition) is 3. The van der Waals surface area contributed by atoms with Crippen molar-refractivity contribution in [1.29, 1.82) is 0 Å². The summed E-state index contributed by atoms with van der Waals surface area (Å²) >= 11 is 1.48. The molecule has 23 heavy (non-hydrogen) atoms. The molecule has 0 saturated heterocycles. The molecule has 0 fully saturated rings. The van der Waals surface area contributed by atoms with E-state index >= 15 is 0 Å². The second kappa shape index (κ2) is 6.52. The summed E-state index contributed by atoms with van der Waals surface area (Å²) in [5.41, 5.74) is 8.35. The van der Waals surface area contributed by atoms with E-state index in [-0.39, 0.29) is 5.91 Å². The van der Waals surface area contributed by atoms with Crippen LogP contribution in [0.1, 0.15) is 33.3 Å². The molecule has 120 valence electrons. The maximum Gasteiger partial charge on any atom is 0.252 e. The van der Waals surface area contributed by atoms with Gasteiger partial charge in [0.05, 0.1) is 17.0 Å². The van der Waals surface area contributed by atoms with E-state index in [1.54, 1.807) is 0 Å². The van der Waals surface area contributed by atoms with E-state index in [4.69, 9.17) is 5.73 Å². The Labute approximate surface area is 139 Å². The summed E-state index contributed by atoms with van der Waals surface area (Å²) < 4.78 is 0. The number of amides is 2. The highest BCUT2D eigenvalue weighted by Gasteiger charge is 2.29. The number of fused-ring (bicyclic) bond motifs is 1. The lowest BCUT2D eigenvalue weighted by atomic mass is 10.0. The molecule has 1 atom stereocenters. The van der Waals surface area contributed by atoms with Crippen LogP contribution in [0, 0.1) is 0 Å². The smallest absolute Gasteiger partial charge is 0.252 e. The van der Waals surface area contributed by atoms with Crippen molar-refractivity contribution < 1.29 is 14.5 Å². The minimum absolute atomic E-state index is 0.181. The number of hydrogen-bond acceptors (Lipinski definition) is 3. The van der Waals surface area contributed by atoms with Crippen molar-refractivity contribution in [1.82, 2.24) is 0 Å². The highest BCUT2D eigenvalue weighted by atomic mass is 32.1. The van der Waals surface area contributed by atoms with Crippen LogP contribution in [0.4, 0.5) is 5.00 Å². The summed E-state index contributed by atoms with van der Waals surface area (Å²) in [7, 11) is 0. The molecule has 2 aromatic rings. The van der Waals surface area contributed by atoms with Gasteiger partial charge in [-0.15, -0.1) is 11.3 Å². The van der Waals surface area contributed by atoms with Gasteiger partial charge >= 0.3 is 0 Å². The predicted molar refractivity (Wildman–Crippen MR) is 90.5 cm³/mol. The van der Waals surface area contributed by atoms with Gasteiger partial charge in [0.1, 0.15) is 18.1 Å². The van der Waals surface area contributed by atoms with Gasteiger partial charge in [-0.2, -0.15) is 0 Å². The third-order valence-electron chi connectivity index (χ3n) is 4.06. The predicted octanol–water partition coefficient (Wildman–Crippen LogP) is 0.947. The van der Waals surface area contributed by atoms with E-state index in [2.05, 4.69) is 29.6 Å². The summed E-state index contributed by atoms with van der Waals surface area (Å²) in [5.74, 6) is -0.641. The Morgan fingerprint density at radius 3 is 2.70 bits per heavy atom. The van der Waals surface area contributed by atoms with Crippen LogP contribution in [-0.2, 0) is 24.3 Å². The average molecular weight is 330 g/mol. The van der Waals surface area contributed by atoms with Gasteiger partial charge in [-0.05, 0) is 5.56 Å². The highest BCUT2D eigenvalue weighted by molar-refractivity contribution is 7.17. The van der Waals surface area contributed by atoms with Crippen molar-refractivity contribution in [2.75, 3.05) is 11.9 Å². The van der Waals surface area contributed by atoms with E-state index in [0.717, 1.165) is 36.5 Å². The van der Waals surface area contributed by atoms with Gasteiger partial charge in [0.25, 0.3) is 5.91 Å². The zero-order valence-electron chi connectivity index (χ0n) is 13.0. The Balaban J connectivity index is 1.83. The molecule has 5 nitrogen and oxygen atoms in total. The molecule has 1 aliphatic heterocycles. The SMILES string of the molecule is CC(=O)Nc1sc2c(c1C(N)=O)CC[NH+](Cc1ccccc1)C2. The molecular weight excluding hydrogens is 310 g/mol. The molecule has 1 unspecified atom stereocenters. The Hall–Kier alpha value is -2.18. The molecule has 0 aliphatic carbocycles. The van der Waals surface area contributed by atoms with Crippen LogP contribution in [0.5, 0.6) is 0 Å². The van der Waals surface area contributed by atoms with Crippen molar-refractivity contribution in [3.05, 3.63) is 51.9 Å². The number of nitrogens with two attached hydrogens (primary N) is 1. The largest absolute Gasteiger partial charge is 0.365 e. The normalized spacial score (nSPS) is 16.7. The van der Waals surface area contributed by atoms with Crippen LogP contribution in [0.2, 0.25) is 0 Å². The lowest BCUT2D eigenvalue weighted by Crippen LogP contribution is -3.10. The topological polar surface area (TPSA) is 76.6 Å². The number of carbonyl (C=O) groups is 2. The van der Waals surface area contributed by atoms with Crippen molar-refractivity contribution in [2.45, 2.75) is 26.4 Å². The maximum atomic E-state index is 11.8. The first-order valence-electron chi connectivity index (χ1n) is 7.64. The van der Waals surface area contributed by atoms with Crippen molar-refractivity contribution >= 4 is 28.2 Å². The Morgan fingerprint density at radius 2 is 2.04 bits per heavy atom. The van der Waals surface area contributed by atoms with Crippen molar-refractivity contribution in [3.63, 3.8) is 0 Å². The molecule has 2 heterocycles. The van der Waals surface area contributed by atoms with Gasteiger partial charge in [-0.3, -0.25) is 9.59 Å². The quantitative estimate of drug-likeness (QED) is 0.780. The molecule has 3 rings (SSSR count). The molecule has 4 N–H and O–H groups in total. The number of rotatable bonds is 4. The summed E-state index contributed by atoms with van der Waals surface area (Å²) in [6.45, 7) is 4.21. The number of quaternary nitrogens is 1. The molecule has 0 saturated carbocycles. The van der Waals surface area contributed by atoms with E-state index in [9.17, 15) is 9.59 Å². The lowest BCUT2D eigenvalue weighted by Gasteiger charge is -2.24. The molecule has 0 bridgehead atoms. The molecule has 0 radical (unpaired) electrons. The molecule has 1 aliphatic rings. The van der Waals surface area contributed by atoms with Crippen molar-refractivity contribution in [3.8, 4) is 0 Å². The first-order valence-corrected chi connectivity index (χ1v) is 8.45. The number of thiophene rings is 1. The fraction of sp³-hybridized carbons (Fsp3) is 0.294. The fourth-order valence-electron chi connectivity index (χ4n) is 3.08. The van der Waals surface area contributed by atoms with Crippen LogP contribution >= 0.6 is 11.3 Å². The summed E-state index contributed by atoms with van der Waals surface area (Å²) in [5, 5.41) is 3.34. The van der Waals surface area contributed by atoms with Crippen LogP contribution < -0.4 is 16.0 Å². The van der Waals surface area contributed by atoms with Gasteiger partial charge in [-0.1, -0.05) is 30.3 Å². The molecule has 6 heteroatoms. The Morgan fingerprint density at radius 1 is 1.30 bits per heavy atom. The van der Waals surface area contributed by atoms with E-state index < -0.39 is 5.91 Å². The van der Waals surface area contributed by atoms with Crippen LogP contribution in [0.25, 0.3) is 0 Å². The number of nitrogens with one attached hydrogen (secondary N) is 2. The third-order valence-corrected chi connectivity index (χ3v) is 5.21. The minimum atomic E-state index is -0.460. The van der Waals surface area contributed by atoms with Gasteiger partial charge in [0.2, 0.25) is 5.91 Å². The maximum absolute atomic E-state index is 11.8. The second-order valence-corrected chi connectivity index (χ2v) is 6.95. The zero-order chi connectivity index (χ0) is 16.4. The first kappa shape index (κ1) is 15.7. The Kier molecular flexibility index (Phi) is 4.45. The number of carbonyl (C=O) groups excluding carboxylic acids is 2. The zero-order valence-corrected chi connectivity index (χ0v) is 13.8. The first-order chi connectivity index (χ1) is 11.0. The van der Waals surface area contributed by atoms with Gasteiger partial charge in [0, 0.05) is 18.9 Å². The number of benzene rings is 1. The Bertz CT molecular complexity index is 740. The summed E-state index contributed by atoms with van der Waals surface area (Å²) in [6.07, 6.45) is 0.811. The van der Waals surface area contributed by atoms with E-state index in [1.807, 2.05) is 6.07 Å². The standard InChI is InChI=1S/C17H19N3O2S/c1-11(21)19-17-15(16(18)22)13-7-8-20(10-14(13)23-17)9-12-5-3-2-4-6-12/h2-6H,7-10H2,1H3,(H2,18,22)(H,19,21)/p+1.